The summed E-state index contributed by atoms with van der Waals surface area (Å²) in [6.07, 6.45) is 4.70. The monoisotopic (exact) mass is 583 g/mol. The number of nitrogens with one attached hydrogen (secondary N) is 1. The molecule has 0 bridgehead atoms. The minimum Gasteiger partial charge on any atom is -0.493 e. The van der Waals surface area contributed by atoms with Gasteiger partial charge in [-0.05, 0) is 93.7 Å². The van der Waals surface area contributed by atoms with Crippen LogP contribution in [-0.4, -0.2) is 78.4 Å². The quantitative estimate of drug-likeness (QED) is 0.182. The zero-order valence-electron chi connectivity index (χ0n) is 24.7. The molecule has 1 aliphatic heterocycles. The summed E-state index contributed by atoms with van der Waals surface area (Å²) >= 11 is 0. The molecule has 1 N–H and O–H groups in total. The van der Waals surface area contributed by atoms with E-state index in [1.165, 1.54) is 0 Å². The van der Waals surface area contributed by atoms with E-state index in [1.54, 1.807) is 68.8 Å². The molecule has 0 unspecified atom stereocenters. The third-order valence-corrected chi connectivity index (χ3v) is 8.00. The van der Waals surface area contributed by atoms with Gasteiger partial charge in [0.1, 0.15) is 11.2 Å². The van der Waals surface area contributed by atoms with E-state index in [0.717, 1.165) is 45.3 Å². The van der Waals surface area contributed by atoms with Gasteiger partial charge in [-0.25, -0.2) is 15.0 Å². The maximum Gasteiger partial charge on any atom is 0.279 e. The number of hydrogen-bond acceptors (Lipinski definition) is 10. The summed E-state index contributed by atoms with van der Waals surface area (Å²) in [5.74, 6) is 1.80. The number of likely N-dealkylation sites (tertiary alicyclic amines) is 1. The lowest BCUT2D eigenvalue weighted by atomic mass is 9.92. The molecule has 10 heteroatoms. The molecule has 0 amide bonds. The van der Waals surface area contributed by atoms with E-state index in [0.29, 0.717) is 70.3 Å². The van der Waals surface area contributed by atoms with Crippen molar-refractivity contribution in [2.75, 3.05) is 46.9 Å². The lowest BCUT2D eigenvalue weighted by molar-refractivity contribution is 0.0887. The first-order valence-corrected chi connectivity index (χ1v) is 14.7. The van der Waals surface area contributed by atoms with Crippen molar-refractivity contribution in [2.24, 2.45) is 5.92 Å². The van der Waals surface area contributed by atoms with Crippen LogP contribution in [0.15, 0.2) is 59.4 Å². The van der Waals surface area contributed by atoms with Gasteiger partial charge < -0.3 is 14.8 Å². The fraction of sp³-hybridized carbons (Fsp3) is 0.394. The van der Waals surface area contributed by atoms with E-state index in [4.69, 9.17) is 9.47 Å². The molecule has 43 heavy (non-hydrogen) atoms. The lowest BCUT2D eigenvalue weighted by Gasteiger charge is -2.31. The van der Waals surface area contributed by atoms with Crippen molar-refractivity contribution in [2.45, 2.75) is 32.1 Å². The first kappa shape index (κ1) is 30.2. The lowest BCUT2D eigenvalue weighted by Crippen LogP contribution is -2.37. The topological polar surface area (TPSA) is 124 Å². The van der Waals surface area contributed by atoms with Crippen LogP contribution < -0.4 is 20.3 Å². The van der Waals surface area contributed by atoms with Crippen LogP contribution in [0.2, 0.25) is 0 Å². The third-order valence-electron chi connectivity index (χ3n) is 8.00. The van der Waals surface area contributed by atoms with Crippen molar-refractivity contribution in [3.63, 3.8) is 0 Å². The van der Waals surface area contributed by atoms with Crippen LogP contribution in [0.5, 0.6) is 11.5 Å². The van der Waals surface area contributed by atoms with Crippen molar-refractivity contribution < 1.29 is 19.1 Å². The average Bonchev–Trinajstić information content (AvgIpc) is 3.18. The van der Waals surface area contributed by atoms with Crippen molar-refractivity contribution in [1.29, 1.82) is 0 Å². The van der Waals surface area contributed by atoms with Crippen molar-refractivity contribution >= 4 is 33.6 Å². The summed E-state index contributed by atoms with van der Waals surface area (Å²) in [6.45, 7) is 3.55. The molecule has 0 spiro atoms. The summed E-state index contributed by atoms with van der Waals surface area (Å²) in [5.41, 5.74) is 1.77. The Morgan fingerprint density at radius 3 is 2.47 bits per heavy atom. The second kappa shape index (κ2) is 14.3. The number of nitrogens with zero attached hydrogens (tertiary/aromatic N) is 4. The molecule has 0 atom stereocenters. The standard InChI is InChI=1S/C33H37N5O5/c1-42-30-12-9-23(20-31(30)43-2)28(39)13-17-34-16-5-6-22-14-18-38(19-15-22)21-29(40)26-10-11-27-32(36-26)35-25-8-4-3-7-24(25)33(41)37-27/h3-4,7-12,20,22,34H,5-6,13-19,21H2,1-2H3. The van der Waals surface area contributed by atoms with Gasteiger partial charge in [0, 0.05) is 18.5 Å². The van der Waals surface area contributed by atoms with Gasteiger partial charge in [0.2, 0.25) is 0 Å². The molecular formula is C33H37N5O5. The number of ketones is 2. The predicted molar refractivity (Wildman–Crippen MR) is 165 cm³/mol. The summed E-state index contributed by atoms with van der Waals surface area (Å²) in [5, 5.41) is 3.82. The highest BCUT2D eigenvalue weighted by molar-refractivity contribution is 5.97. The number of carbonyl (C=O) groups excluding carboxylic acids is 2. The summed E-state index contributed by atoms with van der Waals surface area (Å²) < 4.78 is 10.5. The predicted octanol–water partition coefficient (Wildman–Crippen LogP) is 4.09. The number of piperidine rings is 1. The molecule has 3 heterocycles. The second-order valence-electron chi connectivity index (χ2n) is 10.9. The number of aromatic nitrogens is 3. The van der Waals surface area contributed by atoms with Gasteiger partial charge in [0.15, 0.2) is 28.7 Å². The molecule has 1 fully saturated rings. The van der Waals surface area contributed by atoms with Crippen molar-refractivity contribution in [1.82, 2.24) is 25.2 Å². The number of benzene rings is 2. The molecule has 4 aromatic rings. The fourth-order valence-corrected chi connectivity index (χ4v) is 5.52. The number of ether oxygens (including phenoxy) is 2. The number of para-hydroxylation sites is 1. The average molecular weight is 584 g/mol. The Balaban J connectivity index is 1.02. The number of carbonyl (C=O) groups is 2. The van der Waals surface area contributed by atoms with Crippen LogP contribution in [0.4, 0.5) is 0 Å². The highest BCUT2D eigenvalue weighted by Crippen LogP contribution is 2.28. The number of fused-ring (bicyclic) bond motifs is 2. The van der Waals surface area contributed by atoms with E-state index in [9.17, 15) is 14.4 Å². The Morgan fingerprint density at radius 2 is 1.67 bits per heavy atom. The van der Waals surface area contributed by atoms with Crippen LogP contribution in [0, 0.1) is 5.92 Å². The molecule has 224 valence electrons. The van der Waals surface area contributed by atoms with E-state index in [2.05, 4.69) is 25.2 Å². The second-order valence-corrected chi connectivity index (χ2v) is 10.9. The van der Waals surface area contributed by atoms with Gasteiger partial charge in [-0.15, -0.1) is 0 Å². The van der Waals surface area contributed by atoms with E-state index < -0.39 is 0 Å². The number of methoxy groups -OCH3 is 2. The summed E-state index contributed by atoms with van der Waals surface area (Å²) in [6, 6.07) is 15.5. The van der Waals surface area contributed by atoms with Gasteiger partial charge >= 0.3 is 0 Å². The minimum absolute atomic E-state index is 0.0628. The molecule has 2 aromatic carbocycles. The highest BCUT2D eigenvalue weighted by atomic mass is 16.5. The zero-order chi connectivity index (χ0) is 30.2. The van der Waals surface area contributed by atoms with E-state index in [-0.39, 0.29) is 17.1 Å². The molecule has 0 saturated carbocycles. The Labute approximate surface area is 250 Å². The largest absolute Gasteiger partial charge is 0.493 e. The van der Waals surface area contributed by atoms with Crippen LogP contribution in [0.1, 0.15) is 53.0 Å². The summed E-state index contributed by atoms with van der Waals surface area (Å²) in [7, 11) is 3.13. The number of pyridine rings is 1. The van der Waals surface area contributed by atoms with Crippen molar-refractivity contribution in [3.05, 3.63) is 76.2 Å². The highest BCUT2D eigenvalue weighted by Gasteiger charge is 2.22. The Bertz CT molecular complexity index is 1670. The third kappa shape index (κ3) is 7.57. The minimum atomic E-state index is -0.362. The molecule has 2 aromatic heterocycles. The smallest absolute Gasteiger partial charge is 0.279 e. The first-order valence-electron chi connectivity index (χ1n) is 14.7. The Morgan fingerprint density at radius 1 is 0.884 bits per heavy atom. The molecule has 1 aliphatic rings. The van der Waals surface area contributed by atoms with Gasteiger partial charge in [-0.2, -0.15) is 0 Å². The molecule has 0 aliphatic carbocycles. The van der Waals surface area contributed by atoms with E-state index >= 15 is 0 Å². The van der Waals surface area contributed by atoms with E-state index in [1.807, 2.05) is 0 Å². The van der Waals surface area contributed by atoms with Gasteiger partial charge in [0.05, 0.1) is 31.7 Å². The van der Waals surface area contributed by atoms with Crippen LogP contribution in [0.25, 0.3) is 22.1 Å². The fourth-order valence-electron chi connectivity index (χ4n) is 5.52. The Kier molecular flexibility index (Phi) is 10.0. The van der Waals surface area contributed by atoms with Gasteiger partial charge in [-0.1, -0.05) is 12.1 Å². The SMILES string of the molecule is COc1ccc(C(=O)CCNCCCC2CCN(CC(=O)c3ccc4nc(=O)c5ccccc5nc4n3)CC2)cc1OC. The number of Topliss-reactive ketones (excluding diaryl/α,β-unsaturated/α-hetero) is 2. The van der Waals surface area contributed by atoms with Crippen LogP contribution in [0.3, 0.4) is 0 Å². The zero-order valence-corrected chi connectivity index (χ0v) is 24.7. The van der Waals surface area contributed by atoms with Crippen LogP contribution >= 0.6 is 0 Å². The Hall–Kier alpha value is -4.28. The maximum atomic E-state index is 13.1. The maximum absolute atomic E-state index is 13.1. The molecule has 5 rings (SSSR count). The normalized spacial score (nSPS) is 14.2. The molecule has 10 nitrogen and oxygen atoms in total. The van der Waals surface area contributed by atoms with Gasteiger partial charge in [-0.3, -0.25) is 19.3 Å². The number of hydrogen-bond donors (Lipinski definition) is 1. The molecule has 1 saturated heterocycles. The first-order chi connectivity index (χ1) is 20.9. The molecular weight excluding hydrogens is 546 g/mol. The van der Waals surface area contributed by atoms with Crippen molar-refractivity contribution in [3.8, 4) is 11.5 Å². The van der Waals surface area contributed by atoms with Gasteiger partial charge in [0.25, 0.3) is 5.56 Å². The molecule has 0 radical (unpaired) electrons. The summed E-state index contributed by atoms with van der Waals surface area (Å²) in [4.78, 5) is 53.3. The van der Waals surface area contributed by atoms with Crippen LogP contribution in [-0.2, 0) is 0 Å². The number of rotatable bonds is 13.